The van der Waals surface area contributed by atoms with E-state index in [0.29, 0.717) is 0 Å². The summed E-state index contributed by atoms with van der Waals surface area (Å²) in [5.74, 6) is 0.501. The molecule has 1 heterocycles. The Balaban J connectivity index is 1.71. The number of hydrogen-bond acceptors (Lipinski definition) is 2. The first-order valence-corrected chi connectivity index (χ1v) is 8.60. The molecular weight excluding hydrogens is 290 g/mol. The Bertz CT molecular complexity index is 610. The molecule has 2 N–H and O–H groups in total. The minimum absolute atomic E-state index is 0.152. The van der Waals surface area contributed by atoms with Gasteiger partial charge in [-0.3, -0.25) is 4.79 Å². The smallest absolute Gasteiger partial charge is 0.319 e. The number of urea groups is 1. The Morgan fingerprint density at radius 1 is 1.35 bits per heavy atom. The molecule has 0 spiro atoms. The van der Waals surface area contributed by atoms with Gasteiger partial charge in [0, 0.05) is 29.9 Å². The first kappa shape index (κ1) is 15.8. The van der Waals surface area contributed by atoms with Crippen LogP contribution < -0.4 is 15.5 Å². The molecule has 1 aromatic carbocycles. The molecule has 124 valence electrons. The molecule has 1 atom stereocenters. The van der Waals surface area contributed by atoms with Crippen LogP contribution in [-0.4, -0.2) is 24.5 Å². The third-order valence-electron chi connectivity index (χ3n) is 4.64. The standard InChI is InChI=1S/C18H25N3O2/c1-3-12(2)19-18(23)20-15-8-9-16-14(11-15)5-4-10-21(16)17(22)13-6-7-13/h8-9,11-13H,3-7,10H2,1-2H3,(H2,19,20,23). The van der Waals surface area contributed by atoms with Gasteiger partial charge < -0.3 is 15.5 Å². The molecule has 0 saturated heterocycles. The molecule has 1 aliphatic carbocycles. The Hall–Kier alpha value is -2.04. The van der Waals surface area contributed by atoms with Crippen LogP contribution in [0.2, 0.25) is 0 Å². The summed E-state index contributed by atoms with van der Waals surface area (Å²) in [7, 11) is 0. The van der Waals surface area contributed by atoms with Crippen molar-refractivity contribution in [2.75, 3.05) is 16.8 Å². The zero-order valence-corrected chi connectivity index (χ0v) is 13.9. The average molecular weight is 315 g/mol. The fraction of sp³-hybridized carbons (Fsp3) is 0.556. The number of nitrogens with zero attached hydrogens (tertiary/aromatic N) is 1. The van der Waals surface area contributed by atoms with Gasteiger partial charge in [-0.15, -0.1) is 0 Å². The highest BCUT2D eigenvalue weighted by Crippen LogP contribution is 2.36. The molecule has 1 unspecified atom stereocenters. The second-order valence-corrected chi connectivity index (χ2v) is 6.62. The van der Waals surface area contributed by atoms with Gasteiger partial charge in [-0.2, -0.15) is 0 Å². The van der Waals surface area contributed by atoms with Crippen LogP contribution in [0.25, 0.3) is 0 Å². The van der Waals surface area contributed by atoms with E-state index < -0.39 is 0 Å². The zero-order chi connectivity index (χ0) is 16.4. The van der Waals surface area contributed by atoms with Crippen molar-refractivity contribution in [2.45, 2.75) is 52.0 Å². The number of carbonyl (C=O) groups excluding carboxylic acids is 2. The predicted molar refractivity (Wildman–Crippen MR) is 91.7 cm³/mol. The van der Waals surface area contributed by atoms with Crippen molar-refractivity contribution in [3.8, 4) is 0 Å². The highest BCUT2D eigenvalue weighted by atomic mass is 16.2. The summed E-state index contributed by atoms with van der Waals surface area (Å²) >= 11 is 0. The van der Waals surface area contributed by atoms with Crippen molar-refractivity contribution in [3.63, 3.8) is 0 Å². The lowest BCUT2D eigenvalue weighted by atomic mass is 10.0. The number of hydrogen-bond donors (Lipinski definition) is 2. The lowest BCUT2D eigenvalue weighted by Crippen LogP contribution is -2.37. The van der Waals surface area contributed by atoms with Crippen molar-refractivity contribution >= 4 is 23.3 Å². The number of amides is 3. The monoisotopic (exact) mass is 315 g/mol. The van der Waals surface area contributed by atoms with E-state index in [9.17, 15) is 9.59 Å². The maximum atomic E-state index is 12.4. The van der Waals surface area contributed by atoms with E-state index in [0.717, 1.165) is 55.6 Å². The summed E-state index contributed by atoms with van der Waals surface area (Å²) in [5, 5.41) is 5.78. The topological polar surface area (TPSA) is 61.4 Å². The fourth-order valence-corrected chi connectivity index (χ4v) is 2.95. The van der Waals surface area contributed by atoms with E-state index in [1.165, 1.54) is 0 Å². The number of carbonyl (C=O) groups is 2. The van der Waals surface area contributed by atoms with Gasteiger partial charge in [-0.1, -0.05) is 6.92 Å². The van der Waals surface area contributed by atoms with E-state index in [1.807, 2.05) is 36.9 Å². The third kappa shape index (κ3) is 3.66. The molecule has 0 bridgehead atoms. The third-order valence-corrected chi connectivity index (χ3v) is 4.64. The van der Waals surface area contributed by atoms with Crippen LogP contribution in [0, 0.1) is 5.92 Å². The molecule has 1 saturated carbocycles. The largest absolute Gasteiger partial charge is 0.335 e. The minimum Gasteiger partial charge on any atom is -0.335 e. The number of benzene rings is 1. The molecule has 0 aromatic heterocycles. The van der Waals surface area contributed by atoms with E-state index in [2.05, 4.69) is 10.6 Å². The number of anilines is 2. The van der Waals surface area contributed by atoms with Crippen LogP contribution in [0.3, 0.4) is 0 Å². The summed E-state index contributed by atoms with van der Waals surface area (Å²) in [4.78, 5) is 26.2. The molecule has 1 aromatic rings. The van der Waals surface area contributed by atoms with Gasteiger partial charge in [0.25, 0.3) is 0 Å². The first-order valence-electron chi connectivity index (χ1n) is 8.60. The molecule has 5 heteroatoms. The molecule has 3 amide bonds. The van der Waals surface area contributed by atoms with Crippen LogP contribution in [0.4, 0.5) is 16.2 Å². The Labute approximate surface area is 137 Å². The lowest BCUT2D eigenvalue weighted by molar-refractivity contribution is -0.119. The number of fused-ring (bicyclic) bond motifs is 1. The summed E-state index contributed by atoms with van der Waals surface area (Å²) in [6.07, 6.45) is 4.89. The molecule has 1 fully saturated rings. The average Bonchev–Trinajstić information content (AvgIpc) is 3.38. The number of nitrogens with one attached hydrogen (secondary N) is 2. The van der Waals surface area contributed by atoms with Crippen molar-refractivity contribution in [1.82, 2.24) is 5.32 Å². The summed E-state index contributed by atoms with van der Waals surface area (Å²) in [6.45, 7) is 4.83. The van der Waals surface area contributed by atoms with Crippen LogP contribution in [0.5, 0.6) is 0 Å². The highest BCUT2D eigenvalue weighted by molar-refractivity contribution is 5.98. The van der Waals surface area contributed by atoms with Crippen molar-refractivity contribution < 1.29 is 9.59 Å². The molecule has 1 aliphatic heterocycles. The SMILES string of the molecule is CCC(C)NC(=O)Nc1ccc2c(c1)CCCN2C(=O)C1CC1. The van der Waals surface area contributed by atoms with Gasteiger partial charge in [0.15, 0.2) is 0 Å². The zero-order valence-electron chi connectivity index (χ0n) is 13.9. The molecule has 23 heavy (non-hydrogen) atoms. The summed E-state index contributed by atoms with van der Waals surface area (Å²) in [6, 6.07) is 5.82. The molecule has 5 nitrogen and oxygen atoms in total. The van der Waals surface area contributed by atoms with Gasteiger partial charge >= 0.3 is 6.03 Å². The van der Waals surface area contributed by atoms with Gasteiger partial charge in [0.1, 0.15) is 0 Å². The Morgan fingerprint density at radius 2 is 2.13 bits per heavy atom. The summed E-state index contributed by atoms with van der Waals surface area (Å²) < 4.78 is 0. The second-order valence-electron chi connectivity index (χ2n) is 6.62. The fourth-order valence-electron chi connectivity index (χ4n) is 2.95. The van der Waals surface area contributed by atoms with Crippen molar-refractivity contribution in [2.24, 2.45) is 5.92 Å². The quantitative estimate of drug-likeness (QED) is 0.895. The maximum absolute atomic E-state index is 12.4. The van der Waals surface area contributed by atoms with E-state index in [1.54, 1.807) is 0 Å². The van der Waals surface area contributed by atoms with Crippen LogP contribution in [0.1, 0.15) is 45.1 Å². The summed E-state index contributed by atoms with van der Waals surface area (Å²) in [5.41, 5.74) is 2.94. The second kappa shape index (κ2) is 6.60. The molecular formula is C18H25N3O2. The van der Waals surface area contributed by atoms with Gasteiger partial charge in [-0.25, -0.2) is 4.79 Å². The van der Waals surface area contributed by atoms with E-state index >= 15 is 0 Å². The molecule has 2 aliphatic rings. The normalized spacial score (nSPS) is 18.1. The lowest BCUT2D eigenvalue weighted by Gasteiger charge is -2.30. The predicted octanol–water partition coefficient (Wildman–Crippen LogP) is 3.30. The highest BCUT2D eigenvalue weighted by Gasteiger charge is 2.35. The van der Waals surface area contributed by atoms with Crippen molar-refractivity contribution in [1.29, 1.82) is 0 Å². The number of aryl methyl sites for hydroxylation is 1. The van der Waals surface area contributed by atoms with Crippen LogP contribution in [0.15, 0.2) is 18.2 Å². The Morgan fingerprint density at radius 3 is 2.83 bits per heavy atom. The van der Waals surface area contributed by atoms with Crippen LogP contribution in [-0.2, 0) is 11.2 Å². The first-order chi connectivity index (χ1) is 11.1. The van der Waals surface area contributed by atoms with Gasteiger partial charge in [-0.05, 0) is 62.8 Å². The van der Waals surface area contributed by atoms with Crippen molar-refractivity contribution in [3.05, 3.63) is 23.8 Å². The van der Waals surface area contributed by atoms with E-state index in [-0.39, 0.29) is 23.9 Å². The Kier molecular flexibility index (Phi) is 4.55. The molecule has 3 rings (SSSR count). The van der Waals surface area contributed by atoms with Gasteiger partial charge in [0.05, 0.1) is 0 Å². The molecule has 0 radical (unpaired) electrons. The number of rotatable bonds is 4. The maximum Gasteiger partial charge on any atom is 0.319 e. The van der Waals surface area contributed by atoms with E-state index in [4.69, 9.17) is 0 Å². The van der Waals surface area contributed by atoms with Gasteiger partial charge in [0.2, 0.25) is 5.91 Å². The minimum atomic E-state index is -0.180. The van der Waals surface area contributed by atoms with Crippen LogP contribution >= 0.6 is 0 Å².